The smallest absolute Gasteiger partial charge is 0.240 e. The molecule has 0 saturated carbocycles. The maximum atomic E-state index is 11.8. The minimum atomic E-state index is -3.78. The second kappa shape index (κ2) is 5.37. The Kier molecular flexibility index (Phi) is 4.06. The summed E-state index contributed by atoms with van der Waals surface area (Å²) in [6.07, 6.45) is -0.171. The van der Waals surface area contributed by atoms with E-state index in [1.165, 1.54) is 36.2 Å². The van der Waals surface area contributed by atoms with Crippen molar-refractivity contribution in [1.29, 1.82) is 0 Å². The van der Waals surface area contributed by atoms with Crippen LogP contribution in [0.1, 0.15) is 6.42 Å². The molecule has 1 amide bonds. The van der Waals surface area contributed by atoms with Crippen LogP contribution in [0, 0.1) is 0 Å². The number of anilines is 1. The van der Waals surface area contributed by atoms with Crippen molar-refractivity contribution >= 4 is 31.6 Å². The number of carbonyl (C=O) groups excluding carboxylic acids is 1. The Balaban J connectivity index is 2.26. The van der Waals surface area contributed by atoms with Crippen molar-refractivity contribution in [1.82, 2.24) is 4.72 Å². The molecule has 1 unspecified atom stereocenters. The first-order valence-electron chi connectivity index (χ1n) is 6.01. The van der Waals surface area contributed by atoms with Gasteiger partial charge in [-0.15, -0.1) is 0 Å². The number of benzene rings is 1. The molecule has 1 saturated heterocycles. The van der Waals surface area contributed by atoms with E-state index in [2.05, 4.69) is 4.72 Å². The molecule has 0 spiro atoms. The summed E-state index contributed by atoms with van der Waals surface area (Å²) in [6.45, 7) is -0.0320. The van der Waals surface area contributed by atoms with Crippen LogP contribution in [-0.2, 0) is 24.8 Å². The molecule has 1 fully saturated rings. The van der Waals surface area contributed by atoms with Gasteiger partial charge < -0.3 is 4.90 Å². The highest BCUT2D eigenvalue weighted by molar-refractivity contribution is 7.90. The Morgan fingerprint density at radius 3 is 2.19 bits per heavy atom. The van der Waals surface area contributed by atoms with E-state index in [1.54, 1.807) is 0 Å². The molecule has 10 heteroatoms. The third-order valence-corrected chi connectivity index (χ3v) is 5.96. The van der Waals surface area contributed by atoms with Crippen LogP contribution in [0.25, 0.3) is 0 Å². The van der Waals surface area contributed by atoms with Crippen LogP contribution in [0.5, 0.6) is 0 Å². The standard InChI is InChI=1S/C11H15N3O5S2/c1-13-21(18,19)9-4-2-8(3-5-9)14-7-10(6-11(14)15)20(12,16)17/h2-5,10,13H,6-7H2,1H3,(H2,12,16,17). The molecular weight excluding hydrogens is 318 g/mol. The third kappa shape index (κ3) is 3.23. The van der Waals surface area contributed by atoms with Crippen molar-refractivity contribution in [2.45, 2.75) is 16.6 Å². The molecule has 0 aromatic heterocycles. The van der Waals surface area contributed by atoms with Gasteiger partial charge in [0.2, 0.25) is 26.0 Å². The lowest BCUT2D eigenvalue weighted by Gasteiger charge is -2.16. The average Bonchev–Trinajstić information content (AvgIpc) is 2.81. The fourth-order valence-corrected chi connectivity index (χ4v) is 3.53. The van der Waals surface area contributed by atoms with Gasteiger partial charge in [-0.3, -0.25) is 4.79 Å². The van der Waals surface area contributed by atoms with Gasteiger partial charge in [0.05, 0.1) is 4.90 Å². The van der Waals surface area contributed by atoms with E-state index in [9.17, 15) is 21.6 Å². The predicted octanol–water partition coefficient (Wildman–Crippen LogP) is -1.01. The monoisotopic (exact) mass is 333 g/mol. The molecule has 1 aromatic carbocycles. The SMILES string of the molecule is CNS(=O)(=O)c1ccc(N2CC(S(N)(=O)=O)CC2=O)cc1. The van der Waals surface area contributed by atoms with Crippen LogP contribution in [0.2, 0.25) is 0 Å². The molecule has 0 aliphatic carbocycles. The lowest BCUT2D eigenvalue weighted by molar-refractivity contribution is -0.117. The van der Waals surface area contributed by atoms with Crippen LogP contribution in [0.3, 0.4) is 0 Å². The molecule has 8 nitrogen and oxygen atoms in total. The van der Waals surface area contributed by atoms with E-state index in [-0.39, 0.29) is 23.8 Å². The van der Waals surface area contributed by atoms with E-state index >= 15 is 0 Å². The summed E-state index contributed by atoms with van der Waals surface area (Å²) in [5.74, 6) is -0.363. The van der Waals surface area contributed by atoms with E-state index in [4.69, 9.17) is 5.14 Å². The maximum Gasteiger partial charge on any atom is 0.240 e. The Bertz CT molecular complexity index is 756. The van der Waals surface area contributed by atoms with E-state index in [0.29, 0.717) is 5.69 Å². The van der Waals surface area contributed by atoms with Gasteiger partial charge >= 0.3 is 0 Å². The molecule has 2 rings (SSSR count). The van der Waals surface area contributed by atoms with Crippen molar-refractivity contribution in [3.8, 4) is 0 Å². The first kappa shape index (κ1) is 15.9. The molecule has 3 N–H and O–H groups in total. The van der Waals surface area contributed by atoms with Gasteiger partial charge in [0.1, 0.15) is 5.25 Å². The van der Waals surface area contributed by atoms with E-state index in [1.807, 2.05) is 0 Å². The zero-order valence-electron chi connectivity index (χ0n) is 11.2. The summed E-state index contributed by atoms with van der Waals surface area (Å²) >= 11 is 0. The largest absolute Gasteiger partial charge is 0.311 e. The predicted molar refractivity (Wildman–Crippen MR) is 76.6 cm³/mol. The molecule has 1 heterocycles. The molecular formula is C11H15N3O5S2. The number of amides is 1. The van der Waals surface area contributed by atoms with Gasteiger partial charge in [0.15, 0.2) is 0 Å². The summed E-state index contributed by atoms with van der Waals surface area (Å²) in [4.78, 5) is 13.2. The van der Waals surface area contributed by atoms with E-state index in [0.717, 1.165) is 0 Å². The van der Waals surface area contributed by atoms with Crippen LogP contribution in [0.15, 0.2) is 29.2 Å². The number of rotatable bonds is 4. The fraction of sp³-hybridized carbons (Fsp3) is 0.364. The van der Waals surface area contributed by atoms with Gasteiger partial charge in [-0.1, -0.05) is 0 Å². The first-order chi connectivity index (χ1) is 9.65. The second-order valence-corrected chi connectivity index (χ2v) is 8.35. The number of nitrogens with one attached hydrogen (secondary N) is 1. The summed E-state index contributed by atoms with van der Waals surface area (Å²) in [7, 11) is -6.04. The van der Waals surface area contributed by atoms with E-state index < -0.39 is 25.3 Å². The van der Waals surface area contributed by atoms with Gasteiger partial charge in [0.25, 0.3) is 0 Å². The molecule has 0 bridgehead atoms. The zero-order chi connectivity index (χ0) is 15.8. The maximum absolute atomic E-state index is 11.8. The van der Waals surface area contributed by atoms with Gasteiger partial charge in [-0.2, -0.15) is 0 Å². The normalized spacial score (nSPS) is 20.0. The van der Waals surface area contributed by atoms with Gasteiger partial charge in [-0.05, 0) is 31.3 Å². The molecule has 0 radical (unpaired) electrons. The highest BCUT2D eigenvalue weighted by Gasteiger charge is 2.37. The molecule has 116 valence electrons. The lowest BCUT2D eigenvalue weighted by Crippen LogP contribution is -2.32. The fourth-order valence-electron chi connectivity index (χ4n) is 2.07. The summed E-state index contributed by atoms with van der Waals surface area (Å²) < 4.78 is 47.9. The lowest BCUT2D eigenvalue weighted by atomic mass is 10.3. The minimum absolute atomic E-state index is 0.0320. The zero-order valence-corrected chi connectivity index (χ0v) is 12.8. The number of sulfonamides is 2. The average molecular weight is 333 g/mol. The number of carbonyl (C=O) groups is 1. The van der Waals surface area contributed by atoms with Crippen LogP contribution < -0.4 is 14.8 Å². The molecule has 1 aliphatic heterocycles. The summed E-state index contributed by atoms with van der Waals surface area (Å²) in [5, 5.41) is 4.11. The Labute approximate surface area is 123 Å². The second-order valence-electron chi connectivity index (χ2n) is 4.62. The first-order valence-corrected chi connectivity index (χ1v) is 9.10. The number of primary sulfonamides is 1. The van der Waals surface area contributed by atoms with Crippen LogP contribution in [-0.4, -0.2) is 41.6 Å². The van der Waals surface area contributed by atoms with Gasteiger partial charge in [-0.25, -0.2) is 26.7 Å². The van der Waals surface area contributed by atoms with Crippen LogP contribution in [0.4, 0.5) is 5.69 Å². The molecule has 21 heavy (non-hydrogen) atoms. The summed E-state index contributed by atoms with van der Waals surface area (Å²) in [6, 6.07) is 5.60. The minimum Gasteiger partial charge on any atom is -0.311 e. The number of hydrogen-bond acceptors (Lipinski definition) is 5. The van der Waals surface area contributed by atoms with Crippen molar-refractivity contribution in [2.24, 2.45) is 5.14 Å². The highest BCUT2D eigenvalue weighted by Crippen LogP contribution is 2.25. The van der Waals surface area contributed by atoms with Crippen molar-refractivity contribution in [2.75, 3.05) is 18.5 Å². The Morgan fingerprint density at radius 2 is 1.76 bits per heavy atom. The Hall–Kier alpha value is -1.49. The quantitative estimate of drug-likeness (QED) is 0.730. The van der Waals surface area contributed by atoms with Crippen molar-refractivity contribution < 1.29 is 21.6 Å². The number of nitrogens with zero attached hydrogens (tertiary/aromatic N) is 1. The van der Waals surface area contributed by atoms with Crippen molar-refractivity contribution in [3.63, 3.8) is 0 Å². The molecule has 1 atom stereocenters. The van der Waals surface area contributed by atoms with Crippen LogP contribution >= 0.6 is 0 Å². The topological polar surface area (TPSA) is 127 Å². The van der Waals surface area contributed by atoms with Crippen molar-refractivity contribution in [3.05, 3.63) is 24.3 Å². The Morgan fingerprint density at radius 1 is 1.19 bits per heavy atom. The summed E-state index contributed by atoms with van der Waals surface area (Å²) in [5.41, 5.74) is 0.432. The molecule has 1 aromatic rings. The van der Waals surface area contributed by atoms with Gasteiger partial charge in [0, 0.05) is 18.7 Å². The number of nitrogens with two attached hydrogens (primary N) is 1. The number of hydrogen-bond donors (Lipinski definition) is 2. The highest BCUT2D eigenvalue weighted by atomic mass is 32.2. The third-order valence-electron chi connectivity index (χ3n) is 3.28. The molecule has 1 aliphatic rings.